The van der Waals surface area contributed by atoms with Gasteiger partial charge >= 0.3 is 6.18 Å². The molecule has 1 aromatic carbocycles. The van der Waals surface area contributed by atoms with E-state index >= 15 is 0 Å². The van der Waals surface area contributed by atoms with E-state index in [2.05, 4.69) is 11.8 Å². The Hall–Kier alpha value is -1.27. The van der Waals surface area contributed by atoms with E-state index < -0.39 is 18.0 Å². The van der Waals surface area contributed by atoms with Crippen LogP contribution in [0, 0.1) is 11.8 Å². The van der Waals surface area contributed by atoms with Crippen LogP contribution in [0.1, 0.15) is 44.2 Å². The summed E-state index contributed by atoms with van der Waals surface area (Å²) in [4.78, 5) is 16.7. The maximum atomic E-state index is 13.3. The van der Waals surface area contributed by atoms with E-state index in [9.17, 15) is 18.0 Å². The lowest BCUT2D eigenvalue weighted by molar-refractivity contribution is -0.201. The number of alkyl halides is 3. The number of halogens is 4. The Morgan fingerprint density at radius 3 is 2.37 bits per heavy atom. The Morgan fingerprint density at radius 2 is 1.74 bits per heavy atom. The summed E-state index contributed by atoms with van der Waals surface area (Å²) < 4.78 is 40.0. The summed E-state index contributed by atoms with van der Waals surface area (Å²) in [6.07, 6.45) is -2.62. The number of benzene rings is 1. The van der Waals surface area contributed by atoms with Crippen LogP contribution in [0.25, 0.3) is 0 Å². The van der Waals surface area contributed by atoms with Gasteiger partial charge < -0.3 is 4.90 Å². The highest BCUT2D eigenvalue weighted by molar-refractivity contribution is 6.31. The number of carbonyl (C=O) groups is 1. The molecule has 1 aliphatic heterocycles. The van der Waals surface area contributed by atoms with Crippen LogP contribution in [0.3, 0.4) is 0 Å². The molecule has 2 aliphatic rings. The summed E-state index contributed by atoms with van der Waals surface area (Å²) in [5, 5.41) is 0.707. The number of rotatable bonds is 3. The average Bonchev–Trinajstić information content (AvgIpc) is 2.67. The zero-order valence-electron chi connectivity index (χ0n) is 15.5. The fourth-order valence-corrected chi connectivity index (χ4v) is 4.69. The van der Waals surface area contributed by atoms with Gasteiger partial charge in [0.1, 0.15) is 0 Å². The third kappa shape index (κ3) is 4.60. The largest absolute Gasteiger partial charge is 0.392 e. The Bertz CT molecular complexity index is 659. The monoisotopic (exact) mass is 402 g/mol. The molecule has 150 valence electrons. The normalized spacial score (nSPS) is 26.0. The molecular formula is C20H26ClF3N2O. The molecule has 3 rings (SSSR count). The first-order valence-corrected chi connectivity index (χ1v) is 10.0. The summed E-state index contributed by atoms with van der Waals surface area (Å²) in [5.74, 6) is -2.72. The molecule has 1 amide bonds. The van der Waals surface area contributed by atoms with Crippen molar-refractivity contribution < 1.29 is 18.0 Å². The van der Waals surface area contributed by atoms with Gasteiger partial charge in [-0.2, -0.15) is 13.2 Å². The standard InChI is InChI=1S/C20H26ClF3N2O/c1-14(15-6-3-5-9-18(15)21)25-10-12-26(13-11-25)19(27)16-7-2-4-8-17(16)20(22,23)24/h3,5-6,9,14,16-17H,2,4,7-8,10-13H2,1H3. The van der Waals surface area contributed by atoms with Crippen molar-refractivity contribution in [2.45, 2.75) is 44.8 Å². The third-order valence-electron chi connectivity index (χ3n) is 6.03. The van der Waals surface area contributed by atoms with Gasteiger partial charge in [-0.1, -0.05) is 42.6 Å². The van der Waals surface area contributed by atoms with Crippen molar-refractivity contribution in [3.05, 3.63) is 34.9 Å². The number of piperazine rings is 1. The highest BCUT2D eigenvalue weighted by Crippen LogP contribution is 2.42. The van der Waals surface area contributed by atoms with Gasteiger partial charge in [-0.05, 0) is 31.4 Å². The van der Waals surface area contributed by atoms with Gasteiger partial charge in [-0.25, -0.2) is 0 Å². The summed E-state index contributed by atoms with van der Waals surface area (Å²) in [6.45, 7) is 4.28. The van der Waals surface area contributed by atoms with Crippen LogP contribution < -0.4 is 0 Å². The molecule has 27 heavy (non-hydrogen) atoms. The lowest BCUT2D eigenvalue weighted by Gasteiger charge is -2.41. The van der Waals surface area contributed by atoms with E-state index in [1.807, 2.05) is 24.3 Å². The molecular weight excluding hydrogens is 377 g/mol. The lowest BCUT2D eigenvalue weighted by atomic mass is 9.78. The molecule has 3 unspecified atom stereocenters. The minimum Gasteiger partial charge on any atom is -0.340 e. The van der Waals surface area contributed by atoms with E-state index in [1.54, 1.807) is 4.90 Å². The molecule has 1 saturated heterocycles. The highest BCUT2D eigenvalue weighted by Gasteiger charge is 2.49. The van der Waals surface area contributed by atoms with E-state index in [0.29, 0.717) is 50.5 Å². The zero-order chi connectivity index (χ0) is 19.6. The predicted molar refractivity (Wildman–Crippen MR) is 99.5 cm³/mol. The van der Waals surface area contributed by atoms with E-state index in [0.717, 1.165) is 5.56 Å². The van der Waals surface area contributed by atoms with Crippen LogP contribution in [0.15, 0.2) is 24.3 Å². The molecule has 0 N–H and O–H groups in total. The molecule has 0 bridgehead atoms. The Labute approximate surface area is 163 Å². The maximum absolute atomic E-state index is 13.3. The van der Waals surface area contributed by atoms with Gasteiger partial charge in [0.05, 0.1) is 5.92 Å². The smallest absolute Gasteiger partial charge is 0.340 e. The summed E-state index contributed by atoms with van der Waals surface area (Å²) in [7, 11) is 0. The van der Waals surface area contributed by atoms with E-state index in [1.165, 1.54) is 0 Å². The van der Waals surface area contributed by atoms with Gasteiger partial charge in [0, 0.05) is 43.2 Å². The van der Waals surface area contributed by atoms with E-state index in [4.69, 9.17) is 11.6 Å². The summed E-state index contributed by atoms with van der Waals surface area (Å²) in [6, 6.07) is 7.77. The molecule has 1 saturated carbocycles. The first-order chi connectivity index (χ1) is 12.8. The SMILES string of the molecule is CC(c1ccccc1Cl)N1CCN(C(=O)C2CCCCC2C(F)(F)F)CC1. The maximum Gasteiger partial charge on any atom is 0.392 e. The molecule has 1 aliphatic carbocycles. The van der Waals surface area contributed by atoms with Gasteiger partial charge in [0.25, 0.3) is 0 Å². The highest BCUT2D eigenvalue weighted by atomic mass is 35.5. The van der Waals surface area contributed by atoms with Crippen LogP contribution in [0.5, 0.6) is 0 Å². The van der Waals surface area contributed by atoms with Crippen LogP contribution in [-0.2, 0) is 4.79 Å². The molecule has 3 atom stereocenters. The first kappa shape index (κ1) is 20.5. The molecule has 2 fully saturated rings. The third-order valence-corrected chi connectivity index (χ3v) is 6.38. The molecule has 7 heteroatoms. The Morgan fingerprint density at radius 1 is 1.11 bits per heavy atom. The number of hydrogen-bond donors (Lipinski definition) is 0. The number of nitrogens with zero attached hydrogens (tertiary/aromatic N) is 2. The van der Waals surface area contributed by atoms with Crippen LogP contribution in [0.4, 0.5) is 13.2 Å². The topological polar surface area (TPSA) is 23.6 Å². The van der Waals surface area contributed by atoms with Crippen molar-refractivity contribution in [3.63, 3.8) is 0 Å². The van der Waals surface area contributed by atoms with Gasteiger partial charge in [-0.3, -0.25) is 9.69 Å². The van der Waals surface area contributed by atoms with Gasteiger partial charge in [0.15, 0.2) is 0 Å². The molecule has 0 aromatic heterocycles. The summed E-state index contributed by atoms with van der Waals surface area (Å²) in [5.41, 5.74) is 1.03. The first-order valence-electron chi connectivity index (χ1n) is 9.63. The second-order valence-corrected chi connectivity index (χ2v) is 8.00. The lowest BCUT2D eigenvalue weighted by Crippen LogP contribution is -2.53. The molecule has 0 spiro atoms. The molecule has 1 heterocycles. The summed E-state index contributed by atoms with van der Waals surface area (Å²) >= 11 is 6.28. The molecule has 0 radical (unpaired) electrons. The number of hydrogen-bond acceptors (Lipinski definition) is 2. The fourth-order valence-electron chi connectivity index (χ4n) is 4.39. The quantitative estimate of drug-likeness (QED) is 0.716. The zero-order valence-corrected chi connectivity index (χ0v) is 16.3. The average molecular weight is 403 g/mol. The van der Waals surface area contributed by atoms with Crippen molar-refractivity contribution >= 4 is 17.5 Å². The van der Waals surface area contributed by atoms with Crippen molar-refractivity contribution in [2.75, 3.05) is 26.2 Å². The predicted octanol–water partition coefficient (Wildman–Crippen LogP) is 4.91. The molecule has 1 aromatic rings. The van der Waals surface area contributed by atoms with Gasteiger partial charge in [0.2, 0.25) is 5.91 Å². The van der Waals surface area contributed by atoms with Crippen molar-refractivity contribution in [1.29, 1.82) is 0 Å². The van der Waals surface area contributed by atoms with Crippen molar-refractivity contribution in [2.24, 2.45) is 11.8 Å². The molecule has 3 nitrogen and oxygen atoms in total. The second kappa shape index (κ2) is 8.39. The Balaban J connectivity index is 1.61. The van der Waals surface area contributed by atoms with Crippen molar-refractivity contribution in [1.82, 2.24) is 9.80 Å². The second-order valence-electron chi connectivity index (χ2n) is 7.60. The van der Waals surface area contributed by atoms with Crippen molar-refractivity contribution in [3.8, 4) is 0 Å². The minimum atomic E-state index is -4.29. The van der Waals surface area contributed by atoms with Crippen LogP contribution in [0.2, 0.25) is 5.02 Å². The fraction of sp³-hybridized carbons (Fsp3) is 0.650. The number of amides is 1. The van der Waals surface area contributed by atoms with Crippen LogP contribution in [-0.4, -0.2) is 48.1 Å². The van der Waals surface area contributed by atoms with E-state index in [-0.39, 0.29) is 18.4 Å². The number of carbonyl (C=O) groups excluding carboxylic acids is 1. The van der Waals surface area contributed by atoms with Gasteiger partial charge in [-0.15, -0.1) is 0 Å². The Kier molecular flexibility index (Phi) is 6.36. The van der Waals surface area contributed by atoms with Crippen LogP contribution >= 0.6 is 11.6 Å². The minimum absolute atomic E-state index is 0.0728.